The SMILES string of the molecule is CCOc1ccc([C@@H]2C(C(=O)OCc3ccccc3)=C(C)NC3=C2C(=O)C[C@H](c2ccccc2)C3)cc1OC. The summed E-state index contributed by atoms with van der Waals surface area (Å²) >= 11 is 0. The van der Waals surface area contributed by atoms with Gasteiger partial charge in [-0.1, -0.05) is 66.7 Å². The maximum Gasteiger partial charge on any atom is 0.337 e. The molecule has 0 bridgehead atoms. The molecular formula is C33H33NO5. The third-order valence-corrected chi connectivity index (χ3v) is 7.35. The van der Waals surface area contributed by atoms with Gasteiger partial charge in [0.05, 0.1) is 19.3 Å². The molecule has 0 aromatic heterocycles. The number of benzene rings is 3. The van der Waals surface area contributed by atoms with E-state index >= 15 is 0 Å². The monoisotopic (exact) mass is 523 g/mol. The number of esters is 1. The van der Waals surface area contributed by atoms with Gasteiger partial charge in [0.25, 0.3) is 0 Å². The van der Waals surface area contributed by atoms with Gasteiger partial charge in [0.1, 0.15) is 6.61 Å². The topological polar surface area (TPSA) is 73.9 Å². The largest absolute Gasteiger partial charge is 0.493 e. The lowest BCUT2D eigenvalue weighted by molar-refractivity contribution is -0.140. The van der Waals surface area contributed by atoms with Gasteiger partial charge in [-0.05, 0) is 55.0 Å². The van der Waals surface area contributed by atoms with Crippen molar-refractivity contribution in [2.24, 2.45) is 0 Å². The Kier molecular flexibility index (Phi) is 7.82. The first-order valence-electron chi connectivity index (χ1n) is 13.3. The van der Waals surface area contributed by atoms with Crippen LogP contribution in [0.1, 0.15) is 55.2 Å². The van der Waals surface area contributed by atoms with E-state index in [1.54, 1.807) is 7.11 Å². The maximum absolute atomic E-state index is 13.8. The minimum absolute atomic E-state index is 0.0244. The van der Waals surface area contributed by atoms with Crippen LogP contribution >= 0.6 is 0 Å². The number of methoxy groups -OCH3 is 1. The molecule has 2 aliphatic rings. The van der Waals surface area contributed by atoms with Crippen LogP contribution in [0, 0.1) is 0 Å². The van der Waals surface area contributed by atoms with E-state index in [2.05, 4.69) is 17.4 Å². The lowest BCUT2D eigenvalue weighted by Crippen LogP contribution is -2.36. The highest BCUT2D eigenvalue weighted by Gasteiger charge is 2.41. The summed E-state index contributed by atoms with van der Waals surface area (Å²) in [5.41, 5.74) is 5.40. The van der Waals surface area contributed by atoms with E-state index in [4.69, 9.17) is 14.2 Å². The van der Waals surface area contributed by atoms with Crippen molar-refractivity contribution in [1.82, 2.24) is 5.32 Å². The van der Waals surface area contributed by atoms with E-state index in [1.165, 1.54) is 0 Å². The van der Waals surface area contributed by atoms with E-state index in [0.29, 0.717) is 47.8 Å². The van der Waals surface area contributed by atoms with Gasteiger partial charge < -0.3 is 19.5 Å². The van der Waals surface area contributed by atoms with E-state index in [1.807, 2.05) is 80.6 Å². The van der Waals surface area contributed by atoms with Crippen LogP contribution in [0.5, 0.6) is 11.5 Å². The van der Waals surface area contributed by atoms with Crippen LogP contribution < -0.4 is 14.8 Å². The lowest BCUT2D eigenvalue weighted by Gasteiger charge is -2.37. The summed E-state index contributed by atoms with van der Waals surface area (Å²) in [6.45, 7) is 4.42. The van der Waals surface area contributed by atoms with Crippen molar-refractivity contribution in [1.29, 1.82) is 0 Å². The van der Waals surface area contributed by atoms with Crippen molar-refractivity contribution in [2.45, 2.75) is 45.1 Å². The van der Waals surface area contributed by atoms with Crippen LogP contribution in [0.4, 0.5) is 0 Å². The number of rotatable bonds is 8. The molecule has 0 amide bonds. The van der Waals surface area contributed by atoms with Gasteiger partial charge in [0.15, 0.2) is 17.3 Å². The average Bonchev–Trinajstić information content (AvgIpc) is 2.96. The van der Waals surface area contributed by atoms with Crippen LogP contribution in [-0.2, 0) is 20.9 Å². The summed E-state index contributed by atoms with van der Waals surface area (Å²) in [6, 6.07) is 25.3. The highest BCUT2D eigenvalue weighted by atomic mass is 16.5. The third kappa shape index (κ3) is 5.46. The molecule has 0 fully saturated rings. The second-order valence-electron chi connectivity index (χ2n) is 9.83. The fraction of sp³-hybridized carbons (Fsp3) is 0.273. The first-order chi connectivity index (χ1) is 19.0. The summed E-state index contributed by atoms with van der Waals surface area (Å²) in [5.74, 6) is 0.218. The molecule has 2 atom stereocenters. The Balaban J connectivity index is 1.55. The van der Waals surface area contributed by atoms with E-state index in [9.17, 15) is 9.59 Å². The highest BCUT2D eigenvalue weighted by Crippen LogP contribution is 2.47. The fourth-order valence-corrected chi connectivity index (χ4v) is 5.54. The molecule has 5 rings (SSSR count). The Morgan fingerprint density at radius 2 is 1.64 bits per heavy atom. The summed E-state index contributed by atoms with van der Waals surface area (Å²) in [7, 11) is 1.58. The van der Waals surface area contributed by atoms with E-state index in [0.717, 1.165) is 22.4 Å². The molecule has 39 heavy (non-hydrogen) atoms. The van der Waals surface area contributed by atoms with Gasteiger partial charge in [0.2, 0.25) is 0 Å². The molecule has 0 radical (unpaired) electrons. The molecule has 0 unspecified atom stereocenters. The number of carbonyl (C=O) groups excluding carboxylic acids is 2. The lowest BCUT2D eigenvalue weighted by atomic mass is 9.71. The molecule has 0 spiro atoms. The predicted molar refractivity (Wildman–Crippen MR) is 149 cm³/mol. The Morgan fingerprint density at radius 3 is 2.33 bits per heavy atom. The molecule has 3 aromatic rings. The molecular weight excluding hydrogens is 490 g/mol. The second-order valence-corrected chi connectivity index (χ2v) is 9.83. The number of Topliss-reactive ketones (excluding diaryl/α,β-unsaturated/α-hetero) is 1. The number of dihydropyridines is 1. The minimum atomic E-state index is -0.585. The van der Waals surface area contributed by atoms with Crippen LogP contribution in [0.3, 0.4) is 0 Å². The first-order valence-corrected chi connectivity index (χ1v) is 13.3. The van der Waals surface area contributed by atoms with Crippen molar-refractivity contribution in [3.63, 3.8) is 0 Å². The summed E-state index contributed by atoms with van der Waals surface area (Å²) in [6.07, 6.45) is 1.06. The van der Waals surface area contributed by atoms with Crippen molar-refractivity contribution in [3.8, 4) is 11.5 Å². The van der Waals surface area contributed by atoms with Crippen LogP contribution in [-0.4, -0.2) is 25.5 Å². The molecule has 1 aliphatic heterocycles. The molecule has 1 N–H and O–H groups in total. The quantitative estimate of drug-likeness (QED) is 0.355. The number of allylic oxidation sites excluding steroid dienone is 3. The molecule has 6 heteroatoms. The van der Waals surface area contributed by atoms with Crippen molar-refractivity contribution in [2.75, 3.05) is 13.7 Å². The van der Waals surface area contributed by atoms with Crippen LogP contribution in [0.25, 0.3) is 0 Å². The van der Waals surface area contributed by atoms with E-state index < -0.39 is 11.9 Å². The number of carbonyl (C=O) groups is 2. The predicted octanol–water partition coefficient (Wildman–Crippen LogP) is 6.20. The number of ketones is 1. The zero-order valence-corrected chi connectivity index (χ0v) is 22.5. The standard InChI is InChI=1S/C33H33NO5/c1-4-38-28-16-15-24(19-29(28)37-3)31-30(33(36)39-20-22-11-7-5-8-12-22)21(2)34-26-17-25(18-27(35)32(26)31)23-13-9-6-10-14-23/h5-16,19,25,31,34H,4,17-18,20H2,1-3H3/t25-,31-/m1/s1. The summed E-state index contributed by atoms with van der Waals surface area (Å²) in [4.78, 5) is 27.5. The minimum Gasteiger partial charge on any atom is -0.493 e. The molecule has 6 nitrogen and oxygen atoms in total. The smallest absolute Gasteiger partial charge is 0.337 e. The highest BCUT2D eigenvalue weighted by molar-refractivity contribution is 6.04. The Morgan fingerprint density at radius 1 is 0.923 bits per heavy atom. The average molecular weight is 524 g/mol. The summed E-state index contributed by atoms with van der Waals surface area (Å²) in [5, 5.41) is 3.42. The van der Waals surface area contributed by atoms with Gasteiger partial charge in [-0.3, -0.25) is 4.79 Å². The Hall–Kier alpha value is -4.32. The molecule has 0 saturated heterocycles. The number of hydrogen-bond acceptors (Lipinski definition) is 6. The van der Waals surface area contributed by atoms with Crippen molar-refractivity contribution in [3.05, 3.63) is 118 Å². The summed E-state index contributed by atoms with van der Waals surface area (Å²) < 4.78 is 17.1. The molecule has 3 aromatic carbocycles. The number of nitrogens with one attached hydrogen (secondary N) is 1. The first kappa shape index (κ1) is 26.3. The van der Waals surface area contributed by atoms with Crippen molar-refractivity contribution >= 4 is 11.8 Å². The third-order valence-electron chi connectivity index (χ3n) is 7.35. The second kappa shape index (κ2) is 11.6. The fourth-order valence-electron chi connectivity index (χ4n) is 5.54. The number of hydrogen-bond donors (Lipinski definition) is 1. The van der Waals surface area contributed by atoms with E-state index in [-0.39, 0.29) is 18.3 Å². The zero-order chi connectivity index (χ0) is 27.4. The van der Waals surface area contributed by atoms with Gasteiger partial charge in [-0.25, -0.2) is 4.79 Å². The Labute approximate surface area is 229 Å². The van der Waals surface area contributed by atoms with Gasteiger partial charge >= 0.3 is 5.97 Å². The van der Waals surface area contributed by atoms with Crippen molar-refractivity contribution < 1.29 is 23.8 Å². The van der Waals surface area contributed by atoms with Gasteiger partial charge in [-0.2, -0.15) is 0 Å². The molecule has 1 aliphatic carbocycles. The zero-order valence-electron chi connectivity index (χ0n) is 22.5. The van der Waals surface area contributed by atoms with Gasteiger partial charge in [-0.15, -0.1) is 0 Å². The Bertz CT molecular complexity index is 1420. The molecule has 200 valence electrons. The molecule has 0 saturated carbocycles. The van der Waals surface area contributed by atoms with Gasteiger partial charge in [0, 0.05) is 29.3 Å². The van der Waals surface area contributed by atoms with Crippen LogP contribution in [0.15, 0.2) is 101 Å². The number of ether oxygens (including phenoxy) is 3. The maximum atomic E-state index is 13.8. The normalized spacial score (nSPS) is 18.8. The van der Waals surface area contributed by atoms with Crippen LogP contribution in [0.2, 0.25) is 0 Å². The molecule has 1 heterocycles.